The van der Waals surface area contributed by atoms with Crippen molar-refractivity contribution < 1.29 is 9.18 Å². The Balaban J connectivity index is 2.39. The summed E-state index contributed by atoms with van der Waals surface area (Å²) in [6, 6.07) is 5.04. The van der Waals surface area contributed by atoms with E-state index in [1.165, 1.54) is 29.0 Å². The molecule has 0 atom stereocenters. The molecule has 1 aromatic carbocycles. The summed E-state index contributed by atoms with van der Waals surface area (Å²) in [5.74, 6) is -1.43. The molecular formula is C13H8ClFN4O2. The third-order valence-electron chi connectivity index (χ3n) is 2.97. The number of benzene rings is 1. The van der Waals surface area contributed by atoms with Crippen LogP contribution in [-0.4, -0.2) is 20.5 Å². The first kappa shape index (κ1) is 13.3. The second-order valence-electron chi connectivity index (χ2n) is 4.34. The average molecular weight is 307 g/mol. The largest absolute Gasteiger partial charge is 0.365 e. The maximum Gasteiger partial charge on any atom is 0.256 e. The first-order chi connectivity index (χ1) is 9.97. The number of H-pyrrole nitrogens is 1. The number of rotatable bonds is 2. The Morgan fingerprint density at radius 3 is 2.76 bits per heavy atom. The lowest BCUT2D eigenvalue weighted by Crippen LogP contribution is -2.23. The number of hydrogen-bond donors (Lipinski definition) is 2. The van der Waals surface area contributed by atoms with Crippen LogP contribution in [-0.2, 0) is 0 Å². The number of carbonyl (C=O) groups is 1. The molecule has 0 radical (unpaired) electrons. The van der Waals surface area contributed by atoms with Gasteiger partial charge < -0.3 is 5.73 Å². The number of nitrogens with one attached hydrogen (secondary N) is 1. The van der Waals surface area contributed by atoms with Gasteiger partial charge in [-0.15, -0.1) is 0 Å². The number of aromatic nitrogens is 3. The van der Waals surface area contributed by atoms with E-state index in [4.69, 9.17) is 17.3 Å². The van der Waals surface area contributed by atoms with Crippen LogP contribution in [0.25, 0.3) is 16.9 Å². The minimum absolute atomic E-state index is 0.0744. The zero-order chi connectivity index (χ0) is 15.1. The lowest BCUT2D eigenvalue weighted by Gasteiger charge is -2.07. The van der Waals surface area contributed by atoms with Gasteiger partial charge in [0, 0.05) is 16.7 Å². The zero-order valence-electron chi connectivity index (χ0n) is 10.4. The van der Waals surface area contributed by atoms with Gasteiger partial charge >= 0.3 is 0 Å². The van der Waals surface area contributed by atoms with Crippen molar-refractivity contribution in [2.75, 3.05) is 0 Å². The maximum absolute atomic E-state index is 13.5. The summed E-state index contributed by atoms with van der Waals surface area (Å²) in [5.41, 5.74) is 5.12. The lowest BCUT2D eigenvalue weighted by atomic mass is 10.1. The van der Waals surface area contributed by atoms with Crippen LogP contribution in [0.4, 0.5) is 4.39 Å². The molecular weight excluding hydrogens is 299 g/mol. The molecule has 8 heteroatoms. The average Bonchev–Trinajstić information content (AvgIpc) is 2.84. The molecule has 0 aliphatic carbocycles. The van der Waals surface area contributed by atoms with Crippen LogP contribution in [0.1, 0.15) is 10.4 Å². The molecule has 0 aliphatic heterocycles. The number of primary amides is 1. The molecule has 0 saturated carbocycles. The van der Waals surface area contributed by atoms with Crippen molar-refractivity contribution in [1.82, 2.24) is 14.6 Å². The number of nitrogens with zero attached hydrogens (tertiary/aromatic N) is 2. The number of pyridine rings is 1. The summed E-state index contributed by atoms with van der Waals surface area (Å²) < 4.78 is 14.8. The zero-order valence-corrected chi connectivity index (χ0v) is 11.2. The molecule has 2 aromatic heterocycles. The third kappa shape index (κ3) is 2.17. The first-order valence-electron chi connectivity index (χ1n) is 5.83. The molecule has 0 spiro atoms. The van der Waals surface area contributed by atoms with E-state index < -0.39 is 17.2 Å². The fourth-order valence-corrected chi connectivity index (χ4v) is 2.37. The summed E-state index contributed by atoms with van der Waals surface area (Å²) in [4.78, 5) is 27.3. The molecule has 3 N–H and O–H groups in total. The van der Waals surface area contributed by atoms with Crippen LogP contribution < -0.4 is 11.2 Å². The second kappa shape index (κ2) is 4.71. The Labute approximate surface area is 122 Å². The highest BCUT2D eigenvalue weighted by molar-refractivity contribution is 6.30. The van der Waals surface area contributed by atoms with Gasteiger partial charge in [0.1, 0.15) is 17.7 Å². The fourth-order valence-electron chi connectivity index (χ4n) is 2.14. The van der Waals surface area contributed by atoms with Crippen molar-refractivity contribution in [2.24, 2.45) is 5.73 Å². The molecule has 106 valence electrons. The van der Waals surface area contributed by atoms with Gasteiger partial charge in [-0.1, -0.05) is 11.6 Å². The summed E-state index contributed by atoms with van der Waals surface area (Å²) in [6.45, 7) is 0. The van der Waals surface area contributed by atoms with Gasteiger partial charge in [-0.25, -0.2) is 13.9 Å². The maximum atomic E-state index is 13.5. The molecule has 0 saturated heterocycles. The summed E-state index contributed by atoms with van der Waals surface area (Å²) in [5, 5.41) is 2.93. The van der Waals surface area contributed by atoms with E-state index >= 15 is 0 Å². The third-order valence-corrected chi connectivity index (χ3v) is 3.19. The molecule has 0 fully saturated rings. The van der Waals surface area contributed by atoms with E-state index in [0.29, 0.717) is 11.3 Å². The van der Waals surface area contributed by atoms with E-state index in [1.807, 2.05) is 0 Å². The molecule has 6 nitrogen and oxygen atoms in total. The smallest absolute Gasteiger partial charge is 0.256 e. The number of amides is 1. The van der Waals surface area contributed by atoms with Crippen molar-refractivity contribution in [3.05, 3.63) is 57.2 Å². The van der Waals surface area contributed by atoms with Crippen molar-refractivity contribution in [3.8, 4) is 11.3 Å². The van der Waals surface area contributed by atoms with Gasteiger partial charge in [0.25, 0.3) is 5.91 Å². The number of aromatic amines is 1. The lowest BCUT2D eigenvalue weighted by molar-refractivity contribution is 0.100. The van der Waals surface area contributed by atoms with Crippen LogP contribution in [0.15, 0.2) is 35.4 Å². The van der Waals surface area contributed by atoms with E-state index in [-0.39, 0.29) is 16.2 Å². The normalized spacial score (nSPS) is 11.0. The molecule has 0 unspecified atom stereocenters. The van der Waals surface area contributed by atoms with Gasteiger partial charge in [0.15, 0.2) is 11.1 Å². The number of fused-ring (bicyclic) bond motifs is 1. The standard InChI is InChI=1S/C13H8ClFN4O2/c14-7-1-6(2-8(15)3-7)9-4-10(20)11(12(16)21)13-17-5-18-19(9)13/h1-5H,(H2,16,21)(H,17,18). The van der Waals surface area contributed by atoms with E-state index in [1.54, 1.807) is 0 Å². The molecule has 0 bridgehead atoms. The molecule has 3 aromatic rings. The Morgan fingerprint density at radius 1 is 1.33 bits per heavy atom. The molecule has 21 heavy (non-hydrogen) atoms. The van der Waals surface area contributed by atoms with Crippen molar-refractivity contribution in [1.29, 1.82) is 0 Å². The Hall–Kier alpha value is -2.67. The number of halogens is 2. The minimum Gasteiger partial charge on any atom is -0.365 e. The Morgan fingerprint density at radius 2 is 2.10 bits per heavy atom. The molecule has 3 rings (SSSR count). The van der Waals surface area contributed by atoms with E-state index in [9.17, 15) is 14.0 Å². The quantitative estimate of drug-likeness (QED) is 0.752. The second-order valence-corrected chi connectivity index (χ2v) is 4.77. The van der Waals surface area contributed by atoms with Crippen LogP contribution >= 0.6 is 11.6 Å². The van der Waals surface area contributed by atoms with Crippen molar-refractivity contribution in [2.45, 2.75) is 0 Å². The van der Waals surface area contributed by atoms with Gasteiger partial charge in [-0.05, 0) is 18.2 Å². The van der Waals surface area contributed by atoms with Crippen LogP contribution in [0, 0.1) is 5.82 Å². The van der Waals surface area contributed by atoms with Crippen LogP contribution in [0.2, 0.25) is 5.02 Å². The summed E-state index contributed by atoms with van der Waals surface area (Å²) in [6.07, 6.45) is 1.30. The van der Waals surface area contributed by atoms with Crippen LogP contribution in [0.5, 0.6) is 0 Å². The Bertz CT molecular complexity index is 911. The van der Waals surface area contributed by atoms with E-state index in [2.05, 4.69) is 10.1 Å². The van der Waals surface area contributed by atoms with Crippen molar-refractivity contribution >= 4 is 23.2 Å². The van der Waals surface area contributed by atoms with E-state index in [0.717, 1.165) is 6.07 Å². The molecule has 1 amide bonds. The monoisotopic (exact) mass is 306 g/mol. The highest BCUT2D eigenvalue weighted by Gasteiger charge is 2.17. The fraction of sp³-hybridized carbons (Fsp3) is 0. The van der Waals surface area contributed by atoms with Gasteiger partial charge in [0.2, 0.25) is 0 Å². The van der Waals surface area contributed by atoms with Gasteiger partial charge in [-0.2, -0.15) is 0 Å². The Kier molecular flexibility index (Phi) is 2.99. The summed E-state index contributed by atoms with van der Waals surface area (Å²) in [7, 11) is 0. The molecule has 0 aliphatic rings. The van der Waals surface area contributed by atoms with Gasteiger partial charge in [0.05, 0.1) is 5.69 Å². The van der Waals surface area contributed by atoms with Crippen molar-refractivity contribution in [3.63, 3.8) is 0 Å². The summed E-state index contributed by atoms with van der Waals surface area (Å²) >= 11 is 5.82. The number of nitrogens with two attached hydrogens (primary N) is 1. The van der Waals surface area contributed by atoms with Gasteiger partial charge in [-0.3, -0.25) is 14.7 Å². The van der Waals surface area contributed by atoms with Crippen LogP contribution in [0.3, 0.4) is 0 Å². The first-order valence-corrected chi connectivity index (χ1v) is 6.20. The minimum atomic E-state index is -0.881. The highest BCUT2D eigenvalue weighted by atomic mass is 35.5. The predicted molar refractivity (Wildman–Crippen MR) is 74.7 cm³/mol. The SMILES string of the molecule is NC(=O)c1c(=O)cc(-c2cc(F)cc(Cl)c2)n2[nH]cnc12. The topological polar surface area (TPSA) is 93.3 Å². The highest BCUT2D eigenvalue weighted by Crippen LogP contribution is 2.24. The number of carbonyl (C=O) groups excluding carboxylic acids is 1. The molecule has 2 heterocycles. The predicted octanol–water partition coefficient (Wildman–Crippen LogP) is 1.58. The number of hydrogen-bond acceptors (Lipinski definition) is 3.